The number of hydrogen-bond donors (Lipinski definition) is 1. The Hall–Kier alpha value is -2.77. The van der Waals surface area contributed by atoms with Crippen molar-refractivity contribution in [2.75, 3.05) is 0 Å². The van der Waals surface area contributed by atoms with Crippen molar-refractivity contribution in [2.24, 2.45) is 5.73 Å². The van der Waals surface area contributed by atoms with E-state index < -0.39 is 4.92 Å². The van der Waals surface area contributed by atoms with E-state index in [2.05, 4.69) is 4.98 Å². The fraction of sp³-hybridized carbons (Fsp3) is 0.167. The Balaban J connectivity index is 2.04. The standard InChI is InChI=1S/C18H17N3O3S/c1-12-7-14(15-11-25-17(9-19)20-15)18(16(8-12)21(22)23)24-10-13-5-3-2-4-6-13/h2-8,11H,9-10,19H2,1H3. The van der Waals surface area contributed by atoms with Gasteiger partial charge in [-0.1, -0.05) is 30.3 Å². The molecule has 0 unspecified atom stereocenters. The van der Waals surface area contributed by atoms with Gasteiger partial charge in [0, 0.05) is 18.0 Å². The fourth-order valence-electron chi connectivity index (χ4n) is 2.49. The van der Waals surface area contributed by atoms with E-state index in [0.29, 0.717) is 17.8 Å². The second kappa shape index (κ2) is 7.42. The summed E-state index contributed by atoms with van der Waals surface area (Å²) in [6, 6.07) is 12.9. The van der Waals surface area contributed by atoms with Crippen LogP contribution in [0.1, 0.15) is 16.1 Å². The van der Waals surface area contributed by atoms with Gasteiger partial charge in [0.25, 0.3) is 0 Å². The molecule has 3 rings (SSSR count). The molecule has 0 fully saturated rings. The van der Waals surface area contributed by atoms with Crippen LogP contribution in [0.4, 0.5) is 5.69 Å². The minimum Gasteiger partial charge on any atom is -0.481 e. The maximum absolute atomic E-state index is 11.5. The molecular weight excluding hydrogens is 338 g/mol. The first-order valence-electron chi connectivity index (χ1n) is 7.69. The predicted octanol–water partition coefficient (Wildman–Crippen LogP) is 4.06. The van der Waals surface area contributed by atoms with Gasteiger partial charge >= 0.3 is 5.69 Å². The van der Waals surface area contributed by atoms with Crippen molar-refractivity contribution < 1.29 is 9.66 Å². The van der Waals surface area contributed by atoms with Gasteiger partial charge in [0.1, 0.15) is 11.6 Å². The number of benzene rings is 2. The molecule has 128 valence electrons. The number of aromatic nitrogens is 1. The van der Waals surface area contributed by atoms with E-state index in [4.69, 9.17) is 10.5 Å². The first kappa shape index (κ1) is 17.1. The monoisotopic (exact) mass is 355 g/mol. The first-order valence-corrected chi connectivity index (χ1v) is 8.57. The van der Waals surface area contributed by atoms with E-state index in [-0.39, 0.29) is 18.0 Å². The molecule has 0 radical (unpaired) electrons. The summed E-state index contributed by atoms with van der Waals surface area (Å²) in [6.45, 7) is 2.39. The van der Waals surface area contributed by atoms with Crippen molar-refractivity contribution in [3.63, 3.8) is 0 Å². The Morgan fingerprint density at radius 1 is 1.28 bits per heavy atom. The zero-order chi connectivity index (χ0) is 17.8. The summed E-state index contributed by atoms with van der Waals surface area (Å²) in [6.07, 6.45) is 0. The van der Waals surface area contributed by atoms with Crippen LogP contribution in [0.25, 0.3) is 11.3 Å². The van der Waals surface area contributed by atoms with Crippen LogP contribution in [-0.4, -0.2) is 9.91 Å². The van der Waals surface area contributed by atoms with E-state index in [1.807, 2.05) is 48.7 Å². The van der Waals surface area contributed by atoms with Gasteiger partial charge in [0.05, 0.1) is 16.2 Å². The Morgan fingerprint density at radius 3 is 2.68 bits per heavy atom. The molecule has 0 aliphatic rings. The lowest BCUT2D eigenvalue weighted by Gasteiger charge is -2.12. The molecule has 1 aromatic heterocycles. The Bertz CT molecular complexity index is 894. The average Bonchev–Trinajstić information content (AvgIpc) is 3.10. The number of rotatable bonds is 6. The number of nitrogens with zero attached hydrogens (tertiary/aromatic N) is 2. The minimum atomic E-state index is -0.424. The van der Waals surface area contributed by atoms with Gasteiger partial charge < -0.3 is 10.5 Å². The predicted molar refractivity (Wildman–Crippen MR) is 97.6 cm³/mol. The second-order valence-electron chi connectivity index (χ2n) is 5.52. The van der Waals surface area contributed by atoms with Gasteiger partial charge in [-0.25, -0.2) is 4.98 Å². The third-order valence-corrected chi connectivity index (χ3v) is 4.51. The van der Waals surface area contributed by atoms with Crippen molar-refractivity contribution in [2.45, 2.75) is 20.1 Å². The SMILES string of the molecule is Cc1cc(-c2csc(CN)n2)c(OCc2ccccc2)c([N+](=O)[O-])c1. The van der Waals surface area contributed by atoms with Crippen molar-refractivity contribution in [3.05, 3.63) is 74.1 Å². The van der Waals surface area contributed by atoms with Crippen LogP contribution in [0.3, 0.4) is 0 Å². The molecular formula is C18H17N3O3S. The maximum Gasteiger partial charge on any atom is 0.311 e. The highest BCUT2D eigenvalue weighted by Crippen LogP contribution is 2.39. The molecule has 0 saturated carbocycles. The maximum atomic E-state index is 11.5. The fourth-order valence-corrected chi connectivity index (χ4v) is 3.16. The van der Waals surface area contributed by atoms with Crippen molar-refractivity contribution >= 4 is 17.0 Å². The number of ether oxygens (including phenoxy) is 1. The lowest BCUT2D eigenvalue weighted by atomic mass is 10.1. The van der Waals surface area contributed by atoms with Crippen LogP contribution in [0, 0.1) is 17.0 Å². The van der Waals surface area contributed by atoms with Crippen LogP contribution in [-0.2, 0) is 13.2 Å². The second-order valence-corrected chi connectivity index (χ2v) is 6.47. The molecule has 6 nitrogen and oxygen atoms in total. The van der Waals surface area contributed by atoms with Gasteiger partial charge in [-0.2, -0.15) is 0 Å². The molecule has 0 bridgehead atoms. The number of nitro benzene ring substituents is 1. The zero-order valence-corrected chi connectivity index (χ0v) is 14.5. The minimum absolute atomic E-state index is 0.0618. The summed E-state index contributed by atoms with van der Waals surface area (Å²) in [7, 11) is 0. The highest BCUT2D eigenvalue weighted by molar-refractivity contribution is 7.09. The molecule has 0 aliphatic carbocycles. The van der Waals surface area contributed by atoms with Gasteiger partial charge in [-0.05, 0) is 24.1 Å². The lowest BCUT2D eigenvalue weighted by Crippen LogP contribution is -2.02. The smallest absolute Gasteiger partial charge is 0.311 e. The summed E-state index contributed by atoms with van der Waals surface area (Å²) in [5, 5.41) is 14.1. The molecule has 0 amide bonds. The Morgan fingerprint density at radius 2 is 2.04 bits per heavy atom. The molecule has 0 spiro atoms. The highest BCUT2D eigenvalue weighted by Gasteiger charge is 2.23. The molecule has 0 aliphatic heterocycles. The number of thiazole rings is 1. The highest BCUT2D eigenvalue weighted by atomic mass is 32.1. The van der Waals surface area contributed by atoms with Gasteiger partial charge in [-0.15, -0.1) is 11.3 Å². The molecule has 2 aromatic carbocycles. The summed E-state index contributed by atoms with van der Waals surface area (Å²) < 4.78 is 5.86. The Labute approximate surface area is 149 Å². The van der Waals surface area contributed by atoms with E-state index in [9.17, 15) is 10.1 Å². The van der Waals surface area contributed by atoms with E-state index in [1.54, 1.807) is 0 Å². The van der Waals surface area contributed by atoms with Gasteiger partial charge in [-0.3, -0.25) is 10.1 Å². The quantitative estimate of drug-likeness (QED) is 0.532. The number of nitrogens with two attached hydrogens (primary N) is 1. The van der Waals surface area contributed by atoms with Gasteiger partial charge in [0.15, 0.2) is 0 Å². The first-order chi connectivity index (χ1) is 12.1. The third-order valence-electron chi connectivity index (χ3n) is 3.64. The van der Waals surface area contributed by atoms with Crippen LogP contribution in [0.2, 0.25) is 0 Å². The van der Waals surface area contributed by atoms with Crippen LogP contribution >= 0.6 is 11.3 Å². The third kappa shape index (κ3) is 3.84. The molecule has 25 heavy (non-hydrogen) atoms. The van der Waals surface area contributed by atoms with Crippen LogP contribution in [0.5, 0.6) is 5.75 Å². The molecule has 0 saturated heterocycles. The number of nitro groups is 1. The Kier molecular flexibility index (Phi) is 5.06. The normalized spacial score (nSPS) is 10.6. The van der Waals surface area contributed by atoms with Crippen molar-refractivity contribution in [1.82, 2.24) is 4.98 Å². The molecule has 2 N–H and O–H groups in total. The summed E-state index contributed by atoms with van der Waals surface area (Å²) >= 11 is 1.43. The summed E-state index contributed by atoms with van der Waals surface area (Å²) in [5.74, 6) is 0.230. The topological polar surface area (TPSA) is 91.3 Å². The largest absolute Gasteiger partial charge is 0.481 e. The molecule has 0 atom stereocenters. The number of hydrogen-bond acceptors (Lipinski definition) is 6. The summed E-state index contributed by atoms with van der Waals surface area (Å²) in [4.78, 5) is 15.5. The van der Waals surface area contributed by atoms with E-state index in [1.165, 1.54) is 17.4 Å². The lowest BCUT2D eigenvalue weighted by molar-refractivity contribution is -0.385. The molecule has 1 heterocycles. The van der Waals surface area contributed by atoms with Gasteiger partial charge in [0.2, 0.25) is 5.75 Å². The molecule has 7 heteroatoms. The summed E-state index contributed by atoms with van der Waals surface area (Å²) in [5.41, 5.74) is 8.53. The number of aryl methyl sites for hydroxylation is 1. The van der Waals surface area contributed by atoms with Crippen molar-refractivity contribution in [1.29, 1.82) is 0 Å². The van der Waals surface area contributed by atoms with E-state index >= 15 is 0 Å². The molecule has 3 aromatic rings. The van der Waals surface area contributed by atoms with Crippen molar-refractivity contribution in [3.8, 4) is 17.0 Å². The van der Waals surface area contributed by atoms with Crippen LogP contribution in [0.15, 0.2) is 47.8 Å². The van der Waals surface area contributed by atoms with E-state index in [0.717, 1.165) is 16.1 Å². The average molecular weight is 355 g/mol. The zero-order valence-electron chi connectivity index (χ0n) is 13.6. The van der Waals surface area contributed by atoms with Crippen LogP contribution < -0.4 is 10.5 Å².